The second-order valence-corrected chi connectivity index (χ2v) is 5.99. The van der Waals surface area contributed by atoms with Crippen molar-refractivity contribution in [3.63, 3.8) is 0 Å². The minimum atomic E-state index is -0.893. The van der Waals surface area contributed by atoms with Crippen LogP contribution in [0.4, 0.5) is 0 Å². The summed E-state index contributed by atoms with van der Waals surface area (Å²) in [5.41, 5.74) is 0.778. The van der Waals surface area contributed by atoms with Crippen LogP contribution < -0.4 is 66.3 Å². The molecule has 0 aliphatic rings. The van der Waals surface area contributed by atoms with Gasteiger partial charge in [-0.05, 0) is 42.9 Å². The molecule has 1 N–H and O–H groups in total. The van der Waals surface area contributed by atoms with Gasteiger partial charge in [0.1, 0.15) is 5.75 Å². The number of methoxy groups -OCH3 is 1. The first-order chi connectivity index (χ1) is 11.9. The van der Waals surface area contributed by atoms with Crippen LogP contribution in [0, 0.1) is 16.0 Å². The molecule has 0 aromatic heterocycles. The Morgan fingerprint density at radius 2 is 2.08 bits per heavy atom. The first-order valence-electron chi connectivity index (χ1n) is 8.35. The number of rotatable bonds is 11. The number of unbranched alkanes of at least 4 members (excludes halogenated alkanes) is 2. The zero-order chi connectivity index (χ0) is 18.7. The van der Waals surface area contributed by atoms with Crippen LogP contribution in [0.3, 0.4) is 0 Å². The van der Waals surface area contributed by atoms with Crippen LogP contribution in [0.1, 0.15) is 46.5 Å². The monoisotopic (exact) mass is 390 g/mol. The molecule has 8 heteroatoms. The number of nitrogens with one attached hydrogen (secondary N) is 1. The van der Waals surface area contributed by atoms with Crippen molar-refractivity contribution >= 4 is 5.91 Å². The van der Waals surface area contributed by atoms with Crippen LogP contribution in [0.2, 0.25) is 0 Å². The molecule has 26 heavy (non-hydrogen) atoms. The van der Waals surface area contributed by atoms with Crippen molar-refractivity contribution in [1.82, 2.24) is 5.32 Å². The number of nitrogens with zero attached hydrogens (tertiary/aromatic N) is 1. The SMILES string of the molecule is COc1cc(CNC(=O)CCCC/C=C/C(C)C)ccc1O[N+](=O)[O-].[H-].[K+]. The summed E-state index contributed by atoms with van der Waals surface area (Å²) in [5.74, 6) is 0.817. The molecule has 0 radical (unpaired) electrons. The molecule has 0 bridgehead atoms. The van der Waals surface area contributed by atoms with Gasteiger partial charge in [-0.1, -0.05) is 32.1 Å². The van der Waals surface area contributed by atoms with Crippen molar-refractivity contribution in [3.05, 3.63) is 46.0 Å². The maximum absolute atomic E-state index is 11.8. The molecule has 0 unspecified atom stereocenters. The fourth-order valence-corrected chi connectivity index (χ4v) is 2.18. The van der Waals surface area contributed by atoms with E-state index in [1.54, 1.807) is 12.1 Å². The van der Waals surface area contributed by atoms with E-state index in [-0.39, 0.29) is 70.2 Å². The number of ether oxygens (including phenoxy) is 1. The molecule has 0 saturated carbocycles. The predicted octanol–water partition coefficient (Wildman–Crippen LogP) is 0.771. The predicted molar refractivity (Wildman–Crippen MR) is 96.0 cm³/mol. The normalized spacial score (nSPS) is 10.5. The summed E-state index contributed by atoms with van der Waals surface area (Å²) in [6.07, 6.45) is 7.61. The van der Waals surface area contributed by atoms with Gasteiger partial charge >= 0.3 is 51.4 Å². The molecular weight excluding hydrogens is 363 g/mol. The molecule has 1 aromatic rings. The molecular formula is C18H27KN2O5. The summed E-state index contributed by atoms with van der Waals surface area (Å²) in [4.78, 5) is 26.7. The van der Waals surface area contributed by atoms with E-state index in [0.717, 1.165) is 24.8 Å². The Labute approximate surface area is 198 Å². The zero-order valence-corrected chi connectivity index (χ0v) is 19.1. The van der Waals surface area contributed by atoms with Gasteiger partial charge in [0.05, 0.1) is 7.11 Å². The number of amides is 1. The van der Waals surface area contributed by atoms with E-state index >= 15 is 0 Å². The van der Waals surface area contributed by atoms with E-state index in [1.807, 2.05) is 0 Å². The van der Waals surface area contributed by atoms with Gasteiger partial charge in [0.15, 0.2) is 5.75 Å². The van der Waals surface area contributed by atoms with Crippen LogP contribution in [0.15, 0.2) is 30.4 Å². The van der Waals surface area contributed by atoms with Crippen molar-refractivity contribution in [2.24, 2.45) is 5.92 Å². The average Bonchev–Trinajstić information content (AvgIpc) is 2.56. The van der Waals surface area contributed by atoms with E-state index in [9.17, 15) is 14.9 Å². The van der Waals surface area contributed by atoms with Gasteiger partial charge in [-0.2, -0.15) is 0 Å². The van der Waals surface area contributed by atoms with Gasteiger partial charge in [-0.25, -0.2) is 0 Å². The van der Waals surface area contributed by atoms with Gasteiger partial charge in [0.25, 0.3) is 5.09 Å². The molecule has 0 saturated heterocycles. The minimum absolute atomic E-state index is 0. The van der Waals surface area contributed by atoms with E-state index in [4.69, 9.17) is 4.74 Å². The molecule has 0 aliphatic carbocycles. The molecule has 7 nitrogen and oxygen atoms in total. The van der Waals surface area contributed by atoms with Crippen LogP contribution in [0.5, 0.6) is 11.5 Å². The van der Waals surface area contributed by atoms with Crippen LogP contribution in [-0.2, 0) is 11.3 Å². The first-order valence-corrected chi connectivity index (χ1v) is 8.35. The largest absolute Gasteiger partial charge is 1.00 e. The summed E-state index contributed by atoms with van der Waals surface area (Å²) < 4.78 is 5.06. The van der Waals surface area contributed by atoms with Crippen LogP contribution in [-0.4, -0.2) is 18.1 Å². The van der Waals surface area contributed by atoms with E-state index in [0.29, 0.717) is 18.9 Å². The van der Waals surface area contributed by atoms with Crippen molar-refractivity contribution in [2.45, 2.75) is 46.1 Å². The molecule has 0 fully saturated rings. The van der Waals surface area contributed by atoms with E-state index in [1.165, 1.54) is 13.2 Å². The van der Waals surface area contributed by atoms with Crippen molar-refractivity contribution < 1.29 is 72.3 Å². The van der Waals surface area contributed by atoms with Crippen molar-refractivity contribution in [3.8, 4) is 11.5 Å². The third-order valence-electron chi connectivity index (χ3n) is 3.44. The maximum Gasteiger partial charge on any atom is 1.00 e. The number of allylic oxidation sites excluding steroid dienone is 2. The summed E-state index contributed by atoms with van der Waals surface area (Å²) in [5, 5.41) is 12.3. The Balaban J connectivity index is 0. The van der Waals surface area contributed by atoms with Crippen molar-refractivity contribution in [1.29, 1.82) is 0 Å². The third kappa shape index (κ3) is 10.9. The Kier molecular flexibility index (Phi) is 13.7. The first kappa shape index (κ1) is 25.1. The summed E-state index contributed by atoms with van der Waals surface area (Å²) in [6.45, 7) is 4.60. The second-order valence-electron chi connectivity index (χ2n) is 5.99. The van der Waals surface area contributed by atoms with Crippen molar-refractivity contribution in [2.75, 3.05) is 7.11 Å². The Bertz CT molecular complexity index is 611. The quantitative estimate of drug-likeness (QED) is 0.198. The Hall–Kier alpha value is -0.934. The van der Waals surface area contributed by atoms with Gasteiger partial charge in [0, 0.05) is 13.0 Å². The summed E-state index contributed by atoms with van der Waals surface area (Å²) >= 11 is 0. The topological polar surface area (TPSA) is 90.7 Å². The standard InChI is InChI=1S/C18H26N2O5.K.H/c1-14(2)8-6-4-5-7-9-18(21)19-13-15-10-11-16(25-20(22)23)17(12-15)24-3;;/h6,8,10-12,14H,4-5,7,9,13H2,1-3H3,(H,19,21);;/q;+1;-1/b8-6+;;. The molecule has 1 aromatic carbocycles. The smallest absolute Gasteiger partial charge is 1.00 e. The molecule has 0 atom stereocenters. The van der Waals surface area contributed by atoms with Gasteiger partial charge < -0.3 is 11.5 Å². The third-order valence-corrected chi connectivity index (χ3v) is 3.44. The molecule has 140 valence electrons. The number of benzene rings is 1. The number of hydrogen-bond acceptors (Lipinski definition) is 5. The summed E-state index contributed by atoms with van der Waals surface area (Å²) in [6, 6.07) is 4.71. The maximum atomic E-state index is 11.8. The summed E-state index contributed by atoms with van der Waals surface area (Å²) in [7, 11) is 1.40. The number of hydrogen-bond donors (Lipinski definition) is 1. The van der Waals surface area contributed by atoms with E-state index in [2.05, 4.69) is 36.2 Å². The zero-order valence-electron chi connectivity index (χ0n) is 17.0. The number of carbonyl (C=O) groups excluding carboxylic acids is 1. The molecule has 0 heterocycles. The Morgan fingerprint density at radius 1 is 1.35 bits per heavy atom. The molecule has 1 amide bonds. The van der Waals surface area contributed by atoms with E-state index < -0.39 is 5.09 Å². The molecule has 0 aliphatic heterocycles. The van der Waals surface area contributed by atoms with Crippen LogP contribution >= 0.6 is 0 Å². The minimum Gasteiger partial charge on any atom is -1.00 e. The van der Waals surface area contributed by atoms with Gasteiger partial charge in [0.2, 0.25) is 5.91 Å². The fourth-order valence-electron chi connectivity index (χ4n) is 2.18. The number of carbonyl (C=O) groups is 1. The molecule has 1 rings (SSSR count). The van der Waals surface area contributed by atoms with Gasteiger partial charge in [-0.3, -0.25) is 9.63 Å². The van der Waals surface area contributed by atoms with Crippen LogP contribution in [0.25, 0.3) is 0 Å². The fraction of sp³-hybridized carbons (Fsp3) is 0.500. The Morgan fingerprint density at radius 3 is 2.69 bits per heavy atom. The van der Waals surface area contributed by atoms with Gasteiger partial charge in [-0.15, -0.1) is 10.1 Å². The molecule has 0 spiro atoms. The average molecular weight is 391 g/mol. The second kappa shape index (κ2) is 14.2.